The normalized spacial score (nSPS) is 14.8. The van der Waals surface area contributed by atoms with Crippen molar-refractivity contribution in [1.29, 1.82) is 0 Å². The molecular formula is C6H9N3O2. The predicted octanol–water partition coefficient (Wildman–Crippen LogP) is 0.525. The Kier molecular flexibility index (Phi) is 2.10. The van der Waals surface area contributed by atoms with Crippen LogP contribution < -0.4 is 5.73 Å². The molecule has 0 fully saturated rings. The number of hydrogen-bond donors (Lipinski definition) is 2. The quantitative estimate of drug-likeness (QED) is 0.282. The Labute approximate surface area is 63.5 Å². The number of amidine groups is 1. The molecular weight excluding hydrogens is 146 g/mol. The van der Waals surface area contributed by atoms with Crippen molar-refractivity contribution in [1.82, 2.24) is 4.98 Å². The molecule has 1 heterocycles. The van der Waals surface area contributed by atoms with Crippen LogP contribution in [0.5, 0.6) is 0 Å². The average Bonchev–Trinajstić information content (AvgIpc) is 2.53. The highest BCUT2D eigenvalue weighted by molar-refractivity contribution is 5.85. The van der Waals surface area contributed by atoms with Crippen LogP contribution in [-0.2, 0) is 0 Å². The van der Waals surface area contributed by atoms with E-state index in [9.17, 15) is 0 Å². The maximum atomic E-state index is 8.30. The number of oxazole rings is 1. The molecule has 0 aliphatic heterocycles. The molecule has 1 aromatic rings. The van der Waals surface area contributed by atoms with E-state index in [1.807, 2.05) is 0 Å². The molecule has 0 radical (unpaired) electrons. The average molecular weight is 155 g/mol. The molecule has 0 aliphatic rings. The summed E-state index contributed by atoms with van der Waals surface area (Å²) >= 11 is 0. The third kappa shape index (κ3) is 1.49. The smallest absolute Gasteiger partial charge is 0.180 e. The summed E-state index contributed by atoms with van der Waals surface area (Å²) in [6.45, 7) is 1.76. The summed E-state index contributed by atoms with van der Waals surface area (Å²) in [6, 6.07) is 0. The molecule has 1 aromatic heterocycles. The summed E-state index contributed by atoms with van der Waals surface area (Å²) in [5, 5.41) is 11.2. The Morgan fingerprint density at radius 1 is 1.91 bits per heavy atom. The van der Waals surface area contributed by atoms with Crippen LogP contribution in [0.2, 0.25) is 0 Å². The van der Waals surface area contributed by atoms with E-state index < -0.39 is 0 Å². The van der Waals surface area contributed by atoms with Crippen LogP contribution in [-0.4, -0.2) is 16.0 Å². The van der Waals surface area contributed by atoms with E-state index in [0.717, 1.165) is 0 Å². The fourth-order valence-corrected chi connectivity index (χ4v) is 0.672. The van der Waals surface area contributed by atoms with Gasteiger partial charge in [0.2, 0.25) is 0 Å². The van der Waals surface area contributed by atoms with E-state index in [-0.39, 0.29) is 11.8 Å². The third-order valence-corrected chi connectivity index (χ3v) is 1.44. The lowest BCUT2D eigenvalue weighted by Gasteiger charge is -2.03. The summed E-state index contributed by atoms with van der Waals surface area (Å²) in [6.07, 6.45) is 2.83. The molecule has 0 amide bonds. The van der Waals surface area contributed by atoms with Crippen molar-refractivity contribution in [3.63, 3.8) is 0 Å². The standard InChI is InChI=1S/C6H9N3O2/c1-4(6(7)9-10)5-2-8-3-11-5/h2-4,10H,1H3,(H2,7,9). The molecule has 0 bridgehead atoms. The fraction of sp³-hybridized carbons (Fsp3) is 0.333. The van der Waals surface area contributed by atoms with Gasteiger partial charge in [0.1, 0.15) is 11.6 Å². The van der Waals surface area contributed by atoms with Gasteiger partial charge in [0.05, 0.1) is 12.1 Å². The minimum absolute atomic E-state index is 0.113. The van der Waals surface area contributed by atoms with Crippen molar-refractivity contribution in [3.8, 4) is 0 Å². The van der Waals surface area contributed by atoms with Gasteiger partial charge in [-0.05, 0) is 6.92 Å². The predicted molar refractivity (Wildman–Crippen MR) is 38.3 cm³/mol. The van der Waals surface area contributed by atoms with Crippen LogP contribution in [0.4, 0.5) is 0 Å². The Balaban J connectivity index is 2.78. The lowest BCUT2D eigenvalue weighted by atomic mass is 10.1. The van der Waals surface area contributed by atoms with E-state index in [0.29, 0.717) is 5.76 Å². The lowest BCUT2D eigenvalue weighted by Crippen LogP contribution is -2.18. The fourth-order valence-electron chi connectivity index (χ4n) is 0.672. The van der Waals surface area contributed by atoms with Gasteiger partial charge in [0, 0.05) is 0 Å². The number of nitrogens with zero attached hydrogens (tertiary/aromatic N) is 2. The SMILES string of the molecule is CC(/C(N)=N/O)c1cnco1. The molecule has 0 spiro atoms. The van der Waals surface area contributed by atoms with Crippen LogP contribution in [0.15, 0.2) is 22.2 Å². The second-order valence-corrected chi connectivity index (χ2v) is 2.15. The van der Waals surface area contributed by atoms with Gasteiger partial charge in [0.15, 0.2) is 6.39 Å². The highest BCUT2D eigenvalue weighted by Gasteiger charge is 2.13. The first-order valence-electron chi connectivity index (χ1n) is 3.11. The zero-order valence-electron chi connectivity index (χ0n) is 6.06. The van der Waals surface area contributed by atoms with Crippen molar-refractivity contribution >= 4 is 5.84 Å². The number of aromatic nitrogens is 1. The molecule has 11 heavy (non-hydrogen) atoms. The second-order valence-electron chi connectivity index (χ2n) is 2.15. The van der Waals surface area contributed by atoms with Gasteiger partial charge in [-0.1, -0.05) is 5.16 Å². The van der Waals surface area contributed by atoms with Crippen molar-refractivity contribution < 1.29 is 9.62 Å². The second kappa shape index (κ2) is 3.05. The van der Waals surface area contributed by atoms with Crippen LogP contribution in [0.25, 0.3) is 0 Å². The van der Waals surface area contributed by atoms with E-state index in [2.05, 4.69) is 10.1 Å². The van der Waals surface area contributed by atoms with Crippen LogP contribution >= 0.6 is 0 Å². The van der Waals surface area contributed by atoms with Crippen LogP contribution in [0.3, 0.4) is 0 Å². The lowest BCUT2D eigenvalue weighted by molar-refractivity contribution is 0.315. The maximum Gasteiger partial charge on any atom is 0.180 e. The summed E-state index contributed by atoms with van der Waals surface area (Å²) in [4.78, 5) is 3.70. The molecule has 0 saturated carbocycles. The Morgan fingerprint density at radius 3 is 3.09 bits per heavy atom. The molecule has 1 atom stereocenters. The molecule has 3 N–H and O–H groups in total. The first-order chi connectivity index (χ1) is 5.25. The van der Waals surface area contributed by atoms with E-state index in [1.54, 1.807) is 6.92 Å². The number of oxime groups is 1. The van der Waals surface area contributed by atoms with E-state index in [4.69, 9.17) is 15.4 Å². The molecule has 5 heteroatoms. The molecule has 5 nitrogen and oxygen atoms in total. The molecule has 0 saturated heterocycles. The minimum atomic E-state index is -0.234. The Hall–Kier alpha value is -1.52. The van der Waals surface area contributed by atoms with Gasteiger partial charge in [0.25, 0.3) is 0 Å². The number of rotatable bonds is 2. The molecule has 0 aliphatic carbocycles. The zero-order chi connectivity index (χ0) is 8.27. The summed E-state index contributed by atoms with van der Waals surface area (Å²) in [5.74, 6) is 0.463. The van der Waals surface area contributed by atoms with Crippen molar-refractivity contribution in [2.24, 2.45) is 10.9 Å². The topological polar surface area (TPSA) is 84.6 Å². The first kappa shape index (κ1) is 7.59. The maximum absolute atomic E-state index is 8.30. The molecule has 60 valence electrons. The van der Waals surface area contributed by atoms with Gasteiger partial charge >= 0.3 is 0 Å². The number of hydrogen-bond acceptors (Lipinski definition) is 4. The van der Waals surface area contributed by atoms with Gasteiger partial charge in [-0.2, -0.15) is 0 Å². The monoisotopic (exact) mass is 155 g/mol. The van der Waals surface area contributed by atoms with Gasteiger partial charge in [-0.3, -0.25) is 0 Å². The van der Waals surface area contributed by atoms with Crippen LogP contribution in [0, 0.1) is 0 Å². The van der Waals surface area contributed by atoms with Gasteiger partial charge < -0.3 is 15.4 Å². The minimum Gasteiger partial charge on any atom is -0.448 e. The summed E-state index contributed by atoms with van der Waals surface area (Å²) < 4.78 is 4.94. The molecule has 1 unspecified atom stereocenters. The molecule has 0 aromatic carbocycles. The van der Waals surface area contributed by atoms with Crippen molar-refractivity contribution in [3.05, 3.63) is 18.4 Å². The number of nitrogens with two attached hydrogens (primary N) is 1. The van der Waals surface area contributed by atoms with Crippen molar-refractivity contribution in [2.45, 2.75) is 12.8 Å². The Morgan fingerprint density at radius 2 is 2.64 bits per heavy atom. The first-order valence-corrected chi connectivity index (χ1v) is 3.11. The van der Waals surface area contributed by atoms with E-state index >= 15 is 0 Å². The largest absolute Gasteiger partial charge is 0.448 e. The summed E-state index contributed by atoms with van der Waals surface area (Å²) in [5.41, 5.74) is 5.32. The van der Waals surface area contributed by atoms with Crippen molar-refractivity contribution in [2.75, 3.05) is 0 Å². The highest BCUT2D eigenvalue weighted by Crippen LogP contribution is 2.13. The third-order valence-electron chi connectivity index (χ3n) is 1.44. The van der Waals surface area contributed by atoms with Gasteiger partial charge in [-0.15, -0.1) is 0 Å². The van der Waals surface area contributed by atoms with E-state index in [1.165, 1.54) is 12.6 Å². The van der Waals surface area contributed by atoms with Gasteiger partial charge in [-0.25, -0.2) is 4.98 Å². The summed E-state index contributed by atoms with van der Waals surface area (Å²) in [7, 11) is 0. The van der Waals surface area contributed by atoms with Crippen LogP contribution in [0.1, 0.15) is 18.6 Å². The zero-order valence-corrected chi connectivity index (χ0v) is 6.06. The molecule has 1 rings (SSSR count). The Bertz CT molecular complexity index is 242. The highest BCUT2D eigenvalue weighted by atomic mass is 16.4.